The molecule has 5 nitrogen and oxygen atoms in total. The molecule has 1 aromatic heterocycles. The molecule has 0 spiro atoms. The van der Waals surface area contributed by atoms with Crippen LogP contribution in [0.15, 0.2) is 5.38 Å². The first-order chi connectivity index (χ1) is 8.83. The molecule has 1 unspecified atom stereocenters. The number of nitrogens with one attached hydrogen (secondary N) is 1. The molecular weight excluding hydrogens is 250 g/mol. The summed E-state index contributed by atoms with van der Waals surface area (Å²) >= 11 is 1.71. The summed E-state index contributed by atoms with van der Waals surface area (Å²) in [5.74, 6) is 0. The van der Waals surface area contributed by atoms with E-state index in [0.29, 0.717) is 6.10 Å². The fraction of sp³-hybridized carbons (Fsp3) is 0.750. The zero-order valence-electron chi connectivity index (χ0n) is 11.0. The maximum atomic E-state index is 5.37. The smallest absolute Gasteiger partial charge is 0.185 e. The SMILES string of the molecule is COCCNCc1csc(N2CCC(OC)C2)n1. The van der Waals surface area contributed by atoms with Gasteiger partial charge in [-0.1, -0.05) is 0 Å². The molecule has 18 heavy (non-hydrogen) atoms. The van der Waals surface area contributed by atoms with E-state index in [9.17, 15) is 0 Å². The lowest BCUT2D eigenvalue weighted by molar-refractivity contribution is 0.121. The second-order valence-corrected chi connectivity index (χ2v) is 5.22. The first-order valence-electron chi connectivity index (χ1n) is 6.25. The van der Waals surface area contributed by atoms with Gasteiger partial charge in [0.1, 0.15) is 0 Å². The van der Waals surface area contributed by atoms with Crippen molar-refractivity contribution in [3.8, 4) is 0 Å². The molecule has 1 atom stereocenters. The molecule has 1 aliphatic rings. The van der Waals surface area contributed by atoms with Crippen molar-refractivity contribution in [2.45, 2.75) is 19.1 Å². The third-order valence-electron chi connectivity index (χ3n) is 3.08. The van der Waals surface area contributed by atoms with Crippen LogP contribution in [0.4, 0.5) is 5.13 Å². The van der Waals surface area contributed by atoms with Gasteiger partial charge in [0.25, 0.3) is 0 Å². The monoisotopic (exact) mass is 271 g/mol. The zero-order chi connectivity index (χ0) is 12.8. The van der Waals surface area contributed by atoms with Gasteiger partial charge in [0.05, 0.1) is 18.4 Å². The van der Waals surface area contributed by atoms with Crippen molar-refractivity contribution in [1.82, 2.24) is 10.3 Å². The number of rotatable bonds is 7. The number of methoxy groups -OCH3 is 2. The van der Waals surface area contributed by atoms with Crippen molar-refractivity contribution in [3.63, 3.8) is 0 Å². The molecule has 0 bridgehead atoms. The van der Waals surface area contributed by atoms with Crippen LogP contribution in [-0.2, 0) is 16.0 Å². The fourth-order valence-electron chi connectivity index (χ4n) is 2.01. The Hall–Kier alpha value is -0.690. The van der Waals surface area contributed by atoms with Crippen LogP contribution in [0.5, 0.6) is 0 Å². The molecular formula is C12H21N3O2S. The second-order valence-electron chi connectivity index (χ2n) is 4.38. The Morgan fingerprint density at radius 3 is 3.17 bits per heavy atom. The van der Waals surface area contributed by atoms with Crippen LogP contribution in [0.1, 0.15) is 12.1 Å². The number of aromatic nitrogens is 1. The predicted octanol–water partition coefficient (Wildman–Crippen LogP) is 1.10. The van der Waals surface area contributed by atoms with Crippen LogP contribution in [-0.4, -0.2) is 51.5 Å². The van der Waals surface area contributed by atoms with Gasteiger partial charge < -0.3 is 19.7 Å². The highest BCUT2D eigenvalue weighted by Gasteiger charge is 2.24. The van der Waals surface area contributed by atoms with E-state index in [1.54, 1.807) is 25.6 Å². The minimum absolute atomic E-state index is 0.358. The highest BCUT2D eigenvalue weighted by Crippen LogP contribution is 2.25. The van der Waals surface area contributed by atoms with E-state index in [2.05, 4.69) is 20.6 Å². The van der Waals surface area contributed by atoms with Gasteiger partial charge in [-0.2, -0.15) is 0 Å². The molecule has 6 heteroatoms. The average molecular weight is 271 g/mol. The Bertz CT molecular complexity index is 359. The Balaban J connectivity index is 1.79. The Kier molecular flexibility index (Phi) is 5.37. The minimum atomic E-state index is 0.358. The van der Waals surface area contributed by atoms with E-state index < -0.39 is 0 Å². The van der Waals surface area contributed by atoms with Crippen molar-refractivity contribution < 1.29 is 9.47 Å². The number of ether oxygens (including phenoxy) is 2. The van der Waals surface area contributed by atoms with E-state index in [1.165, 1.54) is 0 Å². The summed E-state index contributed by atoms with van der Waals surface area (Å²) < 4.78 is 10.4. The summed E-state index contributed by atoms with van der Waals surface area (Å²) in [6, 6.07) is 0. The van der Waals surface area contributed by atoms with Crippen LogP contribution in [0.3, 0.4) is 0 Å². The summed E-state index contributed by atoms with van der Waals surface area (Å²) in [5, 5.41) is 6.53. The molecule has 2 heterocycles. The van der Waals surface area contributed by atoms with Crippen LogP contribution in [0.25, 0.3) is 0 Å². The highest BCUT2D eigenvalue weighted by atomic mass is 32.1. The summed E-state index contributed by atoms with van der Waals surface area (Å²) in [4.78, 5) is 6.95. The summed E-state index contributed by atoms with van der Waals surface area (Å²) in [7, 11) is 3.49. The number of thiazole rings is 1. The summed E-state index contributed by atoms with van der Waals surface area (Å²) in [5.41, 5.74) is 1.10. The minimum Gasteiger partial charge on any atom is -0.383 e. The number of hydrogen-bond acceptors (Lipinski definition) is 6. The highest BCUT2D eigenvalue weighted by molar-refractivity contribution is 7.13. The zero-order valence-corrected chi connectivity index (χ0v) is 11.8. The molecule has 1 N–H and O–H groups in total. The molecule has 2 rings (SSSR count). The predicted molar refractivity (Wildman–Crippen MR) is 73.3 cm³/mol. The molecule has 102 valence electrons. The molecule has 0 aromatic carbocycles. The van der Waals surface area contributed by atoms with E-state index in [4.69, 9.17) is 9.47 Å². The number of hydrogen-bond donors (Lipinski definition) is 1. The molecule has 1 aromatic rings. The summed E-state index contributed by atoms with van der Waals surface area (Å²) in [6.07, 6.45) is 1.45. The maximum Gasteiger partial charge on any atom is 0.185 e. The Morgan fingerprint density at radius 1 is 1.56 bits per heavy atom. The van der Waals surface area contributed by atoms with Gasteiger partial charge in [-0.15, -0.1) is 11.3 Å². The van der Waals surface area contributed by atoms with Crippen LogP contribution < -0.4 is 10.2 Å². The van der Waals surface area contributed by atoms with Crippen molar-refractivity contribution in [1.29, 1.82) is 0 Å². The lowest BCUT2D eigenvalue weighted by Gasteiger charge is -2.13. The van der Waals surface area contributed by atoms with Gasteiger partial charge in [-0.25, -0.2) is 4.98 Å². The van der Waals surface area contributed by atoms with Gasteiger partial charge >= 0.3 is 0 Å². The van der Waals surface area contributed by atoms with Gasteiger partial charge in [-0.05, 0) is 6.42 Å². The molecule has 0 aliphatic carbocycles. The topological polar surface area (TPSA) is 46.6 Å². The summed E-state index contributed by atoms with van der Waals surface area (Å²) in [6.45, 7) is 4.40. The molecule has 0 amide bonds. The Labute approximate surface area is 112 Å². The molecule has 1 aliphatic heterocycles. The quantitative estimate of drug-likeness (QED) is 0.753. The van der Waals surface area contributed by atoms with E-state index >= 15 is 0 Å². The van der Waals surface area contributed by atoms with Crippen molar-refractivity contribution in [3.05, 3.63) is 11.1 Å². The standard InChI is InChI=1S/C12H21N3O2S/c1-16-6-4-13-7-10-9-18-12(14-10)15-5-3-11(8-15)17-2/h9,11,13H,3-8H2,1-2H3. The van der Waals surface area contributed by atoms with Crippen LogP contribution in [0, 0.1) is 0 Å². The van der Waals surface area contributed by atoms with Crippen molar-refractivity contribution in [2.75, 3.05) is 45.4 Å². The molecule has 0 radical (unpaired) electrons. The maximum absolute atomic E-state index is 5.37. The van der Waals surface area contributed by atoms with Gasteiger partial charge in [0.2, 0.25) is 0 Å². The molecule has 1 saturated heterocycles. The lowest BCUT2D eigenvalue weighted by Crippen LogP contribution is -2.22. The first kappa shape index (κ1) is 13.7. The van der Waals surface area contributed by atoms with E-state index in [0.717, 1.165) is 50.0 Å². The van der Waals surface area contributed by atoms with E-state index in [-0.39, 0.29) is 0 Å². The number of nitrogens with zero attached hydrogens (tertiary/aromatic N) is 2. The first-order valence-corrected chi connectivity index (χ1v) is 7.13. The third-order valence-corrected chi connectivity index (χ3v) is 4.03. The largest absolute Gasteiger partial charge is 0.383 e. The normalized spacial score (nSPS) is 19.7. The van der Waals surface area contributed by atoms with Gasteiger partial charge in [-0.3, -0.25) is 0 Å². The fourth-order valence-corrected chi connectivity index (χ4v) is 2.87. The van der Waals surface area contributed by atoms with Gasteiger partial charge in [0.15, 0.2) is 5.13 Å². The Morgan fingerprint density at radius 2 is 2.44 bits per heavy atom. The number of anilines is 1. The van der Waals surface area contributed by atoms with Gasteiger partial charge in [0, 0.05) is 45.8 Å². The molecule has 1 fully saturated rings. The van der Waals surface area contributed by atoms with Crippen LogP contribution in [0.2, 0.25) is 0 Å². The van der Waals surface area contributed by atoms with Crippen LogP contribution >= 0.6 is 11.3 Å². The third kappa shape index (κ3) is 3.65. The van der Waals surface area contributed by atoms with E-state index in [1.807, 2.05) is 0 Å². The van der Waals surface area contributed by atoms with Crippen molar-refractivity contribution in [2.24, 2.45) is 0 Å². The molecule has 0 saturated carbocycles. The average Bonchev–Trinajstić information content (AvgIpc) is 3.03. The second kappa shape index (κ2) is 7.04. The lowest BCUT2D eigenvalue weighted by atomic mass is 10.3. The van der Waals surface area contributed by atoms with Crippen molar-refractivity contribution >= 4 is 16.5 Å².